The Morgan fingerprint density at radius 2 is 0.933 bits per heavy atom. The van der Waals surface area contributed by atoms with Crippen LogP contribution in [-0.4, -0.2) is 64.7 Å². The maximum Gasteiger partial charge on any atom is 0.340 e. The number of halogens is 2. The number of methoxy groups -OCH3 is 2. The minimum Gasteiger partial charge on any atom is -0.507 e. The van der Waals surface area contributed by atoms with Gasteiger partial charge in [0.05, 0.1) is 45.3 Å². The fourth-order valence-electron chi connectivity index (χ4n) is 7.75. The van der Waals surface area contributed by atoms with Crippen LogP contribution < -0.4 is 19.6 Å². The van der Waals surface area contributed by atoms with E-state index < -0.39 is 23.1 Å². The van der Waals surface area contributed by atoms with Crippen molar-refractivity contribution in [2.24, 2.45) is 0 Å². The van der Waals surface area contributed by atoms with E-state index in [1.165, 1.54) is 34.5 Å². The zero-order chi connectivity index (χ0) is 42.9. The Morgan fingerprint density at radius 3 is 1.33 bits per heavy atom. The molecule has 2 unspecified atom stereocenters. The number of hydrogen-bond donors (Lipinski definition) is 2. The highest BCUT2D eigenvalue weighted by molar-refractivity contribution is 6.31. The number of phenols is 2. The van der Waals surface area contributed by atoms with Crippen molar-refractivity contribution in [3.63, 3.8) is 0 Å². The van der Waals surface area contributed by atoms with Crippen LogP contribution in [0.4, 0.5) is 11.4 Å². The van der Waals surface area contributed by atoms with E-state index in [2.05, 4.69) is 0 Å². The second kappa shape index (κ2) is 16.7. The number of ether oxygens (including phenoxy) is 4. The lowest BCUT2D eigenvalue weighted by molar-refractivity contribution is -0.0434. The normalized spacial score (nSPS) is 17.4. The molecule has 0 radical (unpaired) electrons. The van der Waals surface area contributed by atoms with E-state index in [0.717, 1.165) is 10.9 Å². The van der Waals surface area contributed by atoms with Crippen LogP contribution >= 0.6 is 23.2 Å². The summed E-state index contributed by atoms with van der Waals surface area (Å²) in [7, 11) is 9.69. The molecule has 0 bridgehead atoms. The van der Waals surface area contributed by atoms with Gasteiger partial charge in [-0.1, -0.05) is 59.6 Å². The van der Waals surface area contributed by atoms with Gasteiger partial charge in [-0.3, -0.25) is 9.68 Å². The number of nitrogens with zero attached hydrogens (tertiary/aromatic N) is 2. The maximum absolute atomic E-state index is 12.9. The standard InChI is InChI=1S/C23H20ClNO6.C23H20ClNO4/c1-28-21-11-8-14(24)12-19(21)23(17-7-5-4-6-16(17)22(27)31-23)18-10-9-15(13-20(18)26)25(29-2)30-3;1-25(2)15-9-10-18(20(26)13-15)23(19-12-14(24)8-11-21(19)28-3)17-7-5-4-6-16(17)22(27)29-23/h4-13,26H,1-3H3;4-13,26H,1-3H3. The van der Waals surface area contributed by atoms with Crippen LogP contribution in [0.25, 0.3) is 0 Å². The molecule has 2 aliphatic heterocycles. The first-order valence-corrected chi connectivity index (χ1v) is 19.2. The SMILES string of the molecule is COc1ccc(Cl)cc1C1(c2ccc(N(C)C)cc2O)OC(=O)c2ccccc21.COc1ccc(Cl)cc1C1(c2ccc(N(OC)OC)cc2O)OC(=O)c2ccccc21. The summed E-state index contributed by atoms with van der Waals surface area (Å²) >= 11 is 12.6. The molecule has 14 heteroatoms. The molecule has 0 spiro atoms. The summed E-state index contributed by atoms with van der Waals surface area (Å²) in [5.41, 5.74) is 2.21. The van der Waals surface area contributed by atoms with Gasteiger partial charge in [-0.25, -0.2) is 9.59 Å². The smallest absolute Gasteiger partial charge is 0.340 e. The van der Waals surface area contributed by atoms with Gasteiger partial charge in [0.2, 0.25) is 0 Å². The van der Waals surface area contributed by atoms with E-state index in [0.29, 0.717) is 71.7 Å². The molecule has 2 N–H and O–H groups in total. The molecule has 60 heavy (non-hydrogen) atoms. The molecule has 0 fully saturated rings. The van der Waals surface area contributed by atoms with Crippen LogP contribution in [-0.2, 0) is 30.4 Å². The minimum atomic E-state index is -1.47. The summed E-state index contributed by atoms with van der Waals surface area (Å²) in [6.07, 6.45) is 0. The predicted molar refractivity (Wildman–Crippen MR) is 227 cm³/mol. The lowest BCUT2D eigenvalue weighted by Gasteiger charge is -2.32. The van der Waals surface area contributed by atoms with Gasteiger partial charge in [0.1, 0.15) is 23.0 Å². The van der Waals surface area contributed by atoms with Crippen molar-refractivity contribution < 1.29 is 48.4 Å². The van der Waals surface area contributed by atoms with E-state index in [9.17, 15) is 19.8 Å². The molecule has 6 aromatic carbocycles. The number of rotatable bonds is 10. The number of carbonyl (C=O) groups excluding carboxylic acids is 2. The molecule has 308 valence electrons. The maximum atomic E-state index is 12.9. The number of esters is 2. The Bertz CT molecular complexity index is 2620. The van der Waals surface area contributed by atoms with E-state index in [1.807, 2.05) is 37.2 Å². The first-order chi connectivity index (χ1) is 28.8. The molecule has 2 aliphatic rings. The van der Waals surface area contributed by atoms with Gasteiger partial charge in [-0.15, -0.1) is 5.23 Å². The van der Waals surface area contributed by atoms with Gasteiger partial charge >= 0.3 is 11.9 Å². The van der Waals surface area contributed by atoms with E-state index in [-0.39, 0.29) is 11.5 Å². The summed E-state index contributed by atoms with van der Waals surface area (Å²) in [4.78, 5) is 37.8. The van der Waals surface area contributed by atoms with Gasteiger partial charge in [0.15, 0.2) is 11.2 Å². The molecule has 6 aromatic rings. The lowest BCUT2D eigenvalue weighted by atomic mass is 9.79. The van der Waals surface area contributed by atoms with E-state index in [4.69, 9.17) is 51.8 Å². The van der Waals surface area contributed by atoms with Crippen molar-refractivity contribution in [1.29, 1.82) is 0 Å². The lowest BCUT2D eigenvalue weighted by Crippen LogP contribution is -2.30. The molecular formula is C46H40Cl2N2O10. The highest BCUT2D eigenvalue weighted by Gasteiger charge is 2.53. The summed E-state index contributed by atoms with van der Waals surface area (Å²) in [5, 5.41) is 24.1. The van der Waals surface area contributed by atoms with E-state index in [1.54, 1.807) is 97.1 Å². The van der Waals surface area contributed by atoms with Crippen LogP contribution in [0.3, 0.4) is 0 Å². The Hall–Kier alpha value is -6.44. The van der Waals surface area contributed by atoms with Crippen molar-refractivity contribution >= 4 is 46.5 Å². The molecule has 8 rings (SSSR count). The Labute approximate surface area is 356 Å². The predicted octanol–water partition coefficient (Wildman–Crippen LogP) is 9.03. The average molecular weight is 852 g/mol. The first kappa shape index (κ1) is 41.7. The highest BCUT2D eigenvalue weighted by atomic mass is 35.5. The third-order valence-corrected chi connectivity index (χ3v) is 10.9. The third-order valence-electron chi connectivity index (χ3n) is 10.4. The Balaban J connectivity index is 0.000000182. The number of benzene rings is 6. The van der Waals surface area contributed by atoms with Crippen molar-refractivity contribution in [3.05, 3.63) is 176 Å². The van der Waals surface area contributed by atoms with Gasteiger partial charge in [-0.05, 0) is 72.8 Å². The summed E-state index contributed by atoms with van der Waals surface area (Å²) < 4.78 is 23.2. The molecule has 0 saturated carbocycles. The first-order valence-electron chi connectivity index (χ1n) is 18.4. The molecule has 0 aromatic heterocycles. The average Bonchev–Trinajstić information content (AvgIpc) is 3.72. The van der Waals surface area contributed by atoms with Crippen molar-refractivity contribution in [3.8, 4) is 23.0 Å². The van der Waals surface area contributed by atoms with Crippen LogP contribution in [0.15, 0.2) is 121 Å². The molecule has 0 amide bonds. The van der Waals surface area contributed by atoms with Crippen molar-refractivity contribution in [2.75, 3.05) is 52.7 Å². The fourth-order valence-corrected chi connectivity index (χ4v) is 8.09. The summed E-state index contributed by atoms with van der Waals surface area (Å²) in [6, 6.07) is 34.4. The molecule has 0 aliphatic carbocycles. The van der Waals surface area contributed by atoms with Gasteiger partial charge in [0.25, 0.3) is 0 Å². The molecule has 2 atom stereocenters. The number of phenolic OH excluding ortho intramolecular Hbond substituents is 2. The van der Waals surface area contributed by atoms with Crippen LogP contribution in [0, 0.1) is 0 Å². The zero-order valence-electron chi connectivity index (χ0n) is 33.4. The third kappa shape index (κ3) is 6.97. The number of aromatic hydroxyl groups is 2. The monoisotopic (exact) mass is 850 g/mol. The molecular weight excluding hydrogens is 811 g/mol. The van der Waals surface area contributed by atoms with E-state index >= 15 is 0 Å². The highest BCUT2D eigenvalue weighted by Crippen LogP contribution is 2.54. The number of hydrogen-bond acceptors (Lipinski definition) is 12. The second-order valence-corrected chi connectivity index (χ2v) is 14.7. The molecule has 2 heterocycles. The number of carbonyl (C=O) groups is 2. The van der Waals surface area contributed by atoms with Crippen LogP contribution in [0.1, 0.15) is 54.1 Å². The van der Waals surface area contributed by atoms with Crippen LogP contribution in [0.5, 0.6) is 23.0 Å². The van der Waals surface area contributed by atoms with Crippen LogP contribution in [0.2, 0.25) is 10.0 Å². The quantitative estimate of drug-likeness (QED) is 0.101. The molecule has 0 saturated heterocycles. The minimum absolute atomic E-state index is 0.00253. The summed E-state index contributed by atoms with van der Waals surface area (Å²) in [5.74, 6) is -0.177. The Kier molecular flexibility index (Phi) is 11.6. The van der Waals surface area contributed by atoms with Gasteiger partial charge < -0.3 is 34.1 Å². The number of fused-ring (bicyclic) bond motifs is 2. The topological polar surface area (TPSA) is 136 Å². The largest absolute Gasteiger partial charge is 0.507 e. The number of anilines is 2. The molecule has 12 nitrogen and oxygen atoms in total. The second-order valence-electron chi connectivity index (χ2n) is 13.8. The summed E-state index contributed by atoms with van der Waals surface area (Å²) in [6.45, 7) is 0. The fraction of sp³-hybridized carbons (Fsp3) is 0.174. The zero-order valence-corrected chi connectivity index (χ0v) is 34.9. The van der Waals surface area contributed by atoms with Gasteiger partial charge in [-0.2, -0.15) is 0 Å². The van der Waals surface area contributed by atoms with Gasteiger partial charge in [0, 0.05) is 75.3 Å². The van der Waals surface area contributed by atoms with Crippen molar-refractivity contribution in [1.82, 2.24) is 0 Å². The number of cyclic esters (lactones) is 2. The van der Waals surface area contributed by atoms with Crippen molar-refractivity contribution in [2.45, 2.75) is 11.2 Å². The Morgan fingerprint density at radius 1 is 0.517 bits per heavy atom.